The predicted octanol–water partition coefficient (Wildman–Crippen LogP) is 1.04. The van der Waals surface area contributed by atoms with Crippen molar-refractivity contribution in [3.05, 3.63) is 11.9 Å². The first kappa shape index (κ1) is 13.6. The molecule has 7 heteroatoms. The summed E-state index contributed by atoms with van der Waals surface area (Å²) in [6, 6.07) is -0.360. The number of carbonyl (C=O) groups is 2. The van der Waals surface area contributed by atoms with Gasteiger partial charge in [-0.2, -0.15) is 0 Å². The fraction of sp³-hybridized carbons (Fsp3) is 0.667. The van der Waals surface area contributed by atoms with Gasteiger partial charge >= 0.3 is 6.03 Å². The van der Waals surface area contributed by atoms with E-state index in [2.05, 4.69) is 17.1 Å². The van der Waals surface area contributed by atoms with E-state index in [4.69, 9.17) is 4.99 Å². The second-order valence-corrected chi connectivity index (χ2v) is 6.53. The summed E-state index contributed by atoms with van der Waals surface area (Å²) in [7, 11) is 1.69. The van der Waals surface area contributed by atoms with E-state index >= 15 is 0 Å². The number of allylic oxidation sites excluding steroid dienone is 1. The first-order valence-corrected chi connectivity index (χ1v) is 7.99. The molecule has 0 spiro atoms. The van der Waals surface area contributed by atoms with Crippen LogP contribution in [-0.2, 0) is 4.79 Å². The number of nitrogens with one attached hydrogen (secondary N) is 1. The van der Waals surface area contributed by atoms with Crippen molar-refractivity contribution in [1.29, 1.82) is 0 Å². The summed E-state index contributed by atoms with van der Waals surface area (Å²) >= 11 is 0. The maximum absolute atomic E-state index is 12.2. The number of urea groups is 1. The van der Waals surface area contributed by atoms with Crippen LogP contribution in [0.5, 0.6) is 0 Å². The standard InChI is InChI=1S/C15H21N5O2/c1-9-8-19-11-12(18(2)15(22)17-13(11)21)16-14(19)20(9)10-6-4-3-5-7-10/h8,10-12H,3-7H2,1-2H3,(H,17,21,22). The van der Waals surface area contributed by atoms with Gasteiger partial charge in [0.05, 0.1) is 0 Å². The average Bonchev–Trinajstić information content (AvgIpc) is 3.00. The molecule has 1 saturated heterocycles. The summed E-state index contributed by atoms with van der Waals surface area (Å²) in [6.45, 7) is 2.07. The van der Waals surface area contributed by atoms with Crippen molar-refractivity contribution in [2.75, 3.05) is 7.05 Å². The van der Waals surface area contributed by atoms with Crippen LogP contribution >= 0.6 is 0 Å². The lowest BCUT2D eigenvalue weighted by Gasteiger charge is -2.34. The van der Waals surface area contributed by atoms with E-state index < -0.39 is 12.2 Å². The average molecular weight is 303 g/mol. The molecule has 0 bridgehead atoms. The maximum atomic E-state index is 12.2. The molecule has 0 aromatic heterocycles. The highest BCUT2D eigenvalue weighted by atomic mass is 16.2. The summed E-state index contributed by atoms with van der Waals surface area (Å²) in [4.78, 5) is 34.5. The van der Waals surface area contributed by atoms with Crippen LogP contribution in [0.2, 0.25) is 0 Å². The lowest BCUT2D eigenvalue weighted by molar-refractivity contribution is -0.126. The molecule has 2 atom stereocenters. The molecular formula is C15H21N5O2. The topological polar surface area (TPSA) is 68.2 Å². The van der Waals surface area contributed by atoms with E-state index in [1.54, 1.807) is 7.05 Å². The molecule has 3 amide bonds. The molecule has 0 aromatic rings. The van der Waals surface area contributed by atoms with Crippen LogP contribution in [0.1, 0.15) is 39.0 Å². The molecule has 3 aliphatic heterocycles. The maximum Gasteiger partial charge on any atom is 0.325 e. The molecule has 3 heterocycles. The molecule has 4 aliphatic rings. The summed E-state index contributed by atoms with van der Waals surface area (Å²) in [5, 5.41) is 2.41. The van der Waals surface area contributed by atoms with Gasteiger partial charge in [-0.15, -0.1) is 0 Å². The number of carbonyl (C=O) groups excluding carboxylic acids is 2. The highest BCUT2D eigenvalue weighted by molar-refractivity contribution is 6.04. The summed E-state index contributed by atoms with van der Waals surface area (Å²) in [6.07, 6.45) is 7.69. The van der Waals surface area contributed by atoms with Crippen LogP contribution in [0, 0.1) is 0 Å². The van der Waals surface area contributed by atoms with Crippen molar-refractivity contribution in [1.82, 2.24) is 20.0 Å². The van der Waals surface area contributed by atoms with Gasteiger partial charge in [-0.25, -0.2) is 9.79 Å². The van der Waals surface area contributed by atoms with E-state index in [0.29, 0.717) is 6.04 Å². The summed E-state index contributed by atoms with van der Waals surface area (Å²) in [5.74, 6) is 0.567. The Morgan fingerprint density at radius 3 is 2.68 bits per heavy atom. The minimum atomic E-state index is -0.443. The molecule has 0 aromatic carbocycles. The molecule has 1 N–H and O–H groups in total. The molecule has 118 valence electrons. The number of hydrogen-bond acceptors (Lipinski definition) is 5. The minimum absolute atomic E-state index is 0.263. The van der Waals surface area contributed by atoms with Crippen LogP contribution in [0.4, 0.5) is 4.79 Å². The molecule has 1 aliphatic carbocycles. The Morgan fingerprint density at radius 1 is 1.23 bits per heavy atom. The van der Waals surface area contributed by atoms with Gasteiger partial charge in [0.2, 0.25) is 5.96 Å². The quantitative estimate of drug-likeness (QED) is 0.786. The van der Waals surface area contributed by atoms with Gasteiger partial charge in [-0.05, 0) is 19.8 Å². The third-order valence-corrected chi connectivity index (χ3v) is 5.14. The first-order valence-electron chi connectivity index (χ1n) is 7.99. The van der Waals surface area contributed by atoms with Crippen LogP contribution in [0.3, 0.4) is 0 Å². The first-order chi connectivity index (χ1) is 10.6. The highest BCUT2D eigenvalue weighted by Gasteiger charge is 2.52. The number of hydrogen-bond donors (Lipinski definition) is 1. The van der Waals surface area contributed by atoms with E-state index in [9.17, 15) is 9.59 Å². The lowest BCUT2D eigenvalue weighted by Crippen LogP contribution is -2.62. The van der Waals surface area contributed by atoms with Gasteiger partial charge in [0, 0.05) is 25.0 Å². The Kier molecular flexibility index (Phi) is 2.92. The van der Waals surface area contributed by atoms with Crippen molar-refractivity contribution in [3.8, 4) is 0 Å². The Morgan fingerprint density at radius 2 is 1.95 bits per heavy atom. The zero-order chi connectivity index (χ0) is 15.4. The second kappa shape index (κ2) is 4.72. The SMILES string of the molecule is CC1=CN2C(=NC3C2C(=O)NC(=O)N3C)N1C1CCCCC1. The molecule has 7 nitrogen and oxygen atoms in total. The van der Waals surface area contributed by atoms with Crippen molar-refractivity contribution in [2.45, 2.75) is 57.3 Å². The van der Waals surface area contributed by atoms with Crippen molar-refractivity contribution in [3.63, 3.8) is 0 Å². The largest absolute Gasteiger partial charge is 0.325 e. The van der Waals surface area contributed by atoms with E-state index in [1.165, 1.54) is 24.2 Å². The van der Waals surface area contributed by atoms with Gasteiger partial charge in [-0.3, -0.25) is 10.1 Å². The number of imide groups is 1. The third-order valence-electron chi connectivity index (χ3n) is 5.14. The van der Waals surface area contributed by atoms with Gasteiger partial charge in [0.15, 0.2) is 12.2 Å². The third kappa shape index (κ3) is 1.77. The monoisotopic (exact) mass is 303 g/mol. The molecule has 0 radical (unpaired) electrons. The van der Waals surface area contributed by atoms with E-state index in [0.717, 1.165) is 24.5 Å². The smallest absolute Gasteiger partial charge is 0.312 e. The van der Waals surface area contributed by atoms with Crippen molar-refractivity contribution >= 4 is 17.9 Å². The second-order valence-electron chi connectivity index (χ2n) is 6.53. The molecular weight excluding hydrogens is 282 g/mol. The number of nitrogens with zero attached hydrogens (tertiary/aromatic N) is 4. The molecule has 22 heavy (non-hydrogen) atoms. The molecule has 2 unspecified atom stereocenters. The zero-order valence-electron chi connectivity index (χ0n) is 13.0. The van der Waals surface area contributed by atoms with Crippen LogP contribution < -0.4 is 5.32 Å². The normalized spacial score (nSPS) is 31.8. The fourth-order valence-corrected chi connectivity index (χ4v) is 4.01. The van der Waals surface area contributed by atoms with E-state index in [-0.39, 0.29) is 11.9 Å². The van der Waals surface area contributed by atoms with Crippen LogP contribution in [0.15, 0.2) is 16.9 Å². The summed E-state index contributed by atoms with van der Waals surface area (Å²) in [5.41, 5.74) is 1.14. The number of amides is 3. The Hall–Kier alpha value is -2.05. The molecule has 1 saturated carbocycles. The minimum Gasteiger partial charge on any atom is -0.312 e. The Balaban J connectivity index is 1.67. The number of fused-ring (bicyclic) bond motifs is 3. The van der Waals surface area contributed by atoms with Gasteiger partial charge in [0.25, 0.3) is 5.91 Å². The number of rotatable bonds is 1. The lowest BCUT2D eigenvalue weighted by atomic mass is 9.94. The number of likely N-dealkylation sites (N-methyl/N-ethyl adjacent to an activating group) is 1. The van der Waals surface area contributed by atoms with Crippen LogP contribution in [0.25, 0.3) is 0 Å². The molecule has 2 fully saturated rings. The van der Waals surface area contributed by atoms with Gasteiger partial charge < -0.3 is 14.7 Å². The van der Waals surface area contributed by atoms with E-state index in [1.807, 2.05) is 11.1 Å². The predicted molar refractivity (Wildman–Crippen MR) is 80.6 cm³/mol. The highest BCUT2D eigenvalue weighted by Crippen LogP contribution is 2.36. The fourth-order valence-electron chi connectivity index (χ4n) is 4.01. The number of aliphatic imine (C=N–C) groups is 1. The van der Waals surface area contributed by atoms with Crippen molar-refractivity contribution in [2.24, 2.45) is 4.99 Å². The van der Waals surface area contributed by atoms with Gasteiger partial charge in [-0.1, -0.05) is 19.3 Å². The zero-order valence-corrected chi connectivity index (χ0v) is 13.0. The van der Waals surface area contributed by atoms with Gasteiger partial charge in [0.1, 0.15) is 0 Å². The Labute approximate surface area is 129 Å². The Bertz CT molecular complexity index is 593. The number of guanidine groups is 1. The van der Waals surface area contributed by atoms with Crippen LogP contribution in [-0.4, -0.2) is 57.9 Å². The molecule has 4 rings (SSSR count). The van der Waals surface area contributed by atoms with Crippen molar-refractivity contribution < 1.29 is 9.59 Å². The summed E-state index contributed by atoms with van der Waals surface area (Å²) < 4.78 is 0.